The molecule has 0 bridgehead atoms. The minimum absolute atomic E-state index is 0.120. The van der Waals surface area contributed by atoms with Gasteiger partial charge < -0.3 is 14.7 Å². The second-order valence-corrected chi connectivity index (χ2v) is 6.76. The second kappa shape index (κ2) is 6.29. The number of fused-ring (bicyclic) bond motifs is 1. The molecule has 1 N–H and O–H groups in total. The summed E-state index contributed by atoms with van der Waals surface area (Å²) in [5.41, 5.74) is 0.940. The lowest BCUT2D eigenvalue weighted by molar-refractivity contribution is -0.131. The van der Waals surface area contributed by atoms with Crippen molar-refractivity contribution in [3.05, 3.63) is 29.8 Å². The lowest BCUT2D eigenvalue weighted by atomic mass is 10.0. The SMILES string of the molecule is COc1ccccc1CC(=O)N(C)C1C[C@H]2CC(O)C[C@H]2C1. The van der Waals surface area contributed by atoms with E-state index in [0.717, 1.165) is 37.0 Å². The molecule has 4 nitrogen and oxygen atoms in total. The number of amides is 1. The van der Waals surface area contributed by atoms with E-state index in [1.165, 1.54) is 0 Å². The molecular formula is C18H25NO3. The van der Waals surface area contributed by atoms with Crippen LogP contribution in [0.1, 0.15) is 31.2 Å². The molecule has 4 atom stereocenters. The molecule has 2 aliphatic carbocycles. The number of ether oxygens (including phenoxy) is 1. The van der Waals surface area contributed by atoms with Gasteiger partial charge in [0.2, 0.25) is 5.91 Å². The normalized spacial score (nSPS) is 30.1. The number of hydrogen-bond donors (Lipinski definition) is 1. The van der Waals surface area contributed by atoms with Gasteiger partial charge in [0.25, 0.3) is 0 Å². The van der Waals surface area contributed by atoms with Gasteiger partial charge >= 0.3 is 0 Å². The molecule has 0 saturated heterocycles. The smallest absolute Gasteiger partial charge is 0.227 e. The molecule has 0 aromatic heterocycles. The van der Waals surface area contributed by atoms with Crippen LogP contribution in [0.4, 0.5) is 0 Å². The Bertz CT molecular complexity index is 531. The van der Waals surface area contributed by atoms with Crippen LogP contribution in [0.15, 0.2) is 24.3 Å². The summed E-state index contributed by atoms with van der Waals surface area (Å²) in [7, 11) is 3.55. The van der Waals surface area contributed by atoms with Crippen LogP contribution in [-0.2, 0) is 11.2 Å². The molecular weight excluding hydrogens is 278 g/mol. The molecule has 0 aliphatic heterocycles. The molecule has 2 saturated carbocycles. The van der Waals surface area contributed by atoms with Crippen molar-refractivity contribution in [1.82, 2.24) is 4.90 Å². The maximum Gasteiger partial charge on any atom is 0.227 e. The van der Waals surface area contributed by atoms with E-state index in [0.29, 0.717) is 24.3 Å². The average molecular weight is 303 g/mol. The van der Waals surface area contributed by atoms with E-state index < -0.39 is 0 Å². The van der Waals surface area contributed by atoms with Crippen LogP contribution in [-0.4, -0.2) is 42.2 Å². The zero-order chi connectivity index (χ0) is 15.7. The molecule has 0 heterocycles. The van der Waals surface area contributed by atoms with Gasteiger partial charge in [-0.05, 0) is 43.6 Å². The van der Waals surface area contributed by atoms with Gasteiger partial charge in [-0.1, -0.05) is 18.2 Å². The highest BCUT2D eigenvalue weighted by Crippen LogP contribution is 2.45. The summed E-state index contributed by atoms with van der Waals surface area (Å²) in [5.74, 6) is 2.12. The number of methoxy groups -OCH3 is 1. The highest BCUT2D eigenvalue weighted by molar-refractivity contribution is 5.79. The number of aliphatic hydroxyl groups is 1. The Labute approximate surface area is 132 Å². The highest BCUT2D eigenvalue weighted by Gasteiger charge is 2.43. The van der Waals surface area contributed by atoms with Gasteiger partial charge in [0.1, 0.15) is 5.75 Å². The van der Waals surface area contributed by atoms with Crippen LogP contribution in [0.25, 0.3) is 0 Å². The Morgan fingerprint density at radius 2 is 1.86 bits per heavy atom. The first-order chi connectivity index (χ1) is 10.6. The van der Waals surface area contributed by atoms with E-state index in [1.54, 1.807) is 7.11 Å². The Morgan fingerprint density at radius 3 is 2.50 bits per heavy atom. The zero-order valence-corrected chi connectivity index (χ0v) is 13.4. The van der Waals surface area contributed by atoms with Crippen LogP contribution in [0.3, 0.4) is 0 Å². The topological polar surface area (TPSA) is 49.8 Å². The summed E-state index contributed by atoms with van der Waals surface area (Å²) in [5, 5.41) is 9.73. The third-order valence-corrected chi connectivity index (χ3v) is 5.44. The maximum atomic E-state index is 12.6. The van der Waals surface area contributed by atoms with Crippen molar-refractivity contribution < 1.29 is 14.6 Å². The van der Waals surface area contributed by atoms with E-state index in [9.17, 15) is 9.90 Å². The first-order valence-electron chi connectivity index (χ1n) is 8.14. The van der Waals surface area contributed by atoms with Crippen molar-refractivity contribution in [3.8, 4) is 5.75 Å². The molecule has 4 heteroatoms. The molecule has 22 heavy (non-hydrogen) atoms. The van der Waals surface area contributed by atoms with Crippen LogP contribution in [0, 0.1) is 11.8 Å². The zero-order valence-electron chi connectivity index (χ0n) is 13.4. The van der Waals surface area contributed by atoms with Crippen LogP contribution < -0.4 is 4.74 Å². The summed E-state index contributed by atoms with van der Waals surface area (Å²) < 4.78 is 5.33. The van der Waals surface area contributed by atoms with E-state index in [-0.39, 0.29) is 12.0 Å². The van der Waals surface area contributed by atoms with Crippen molar-refractivity contribution >= 4 is 5.91 Å². The molecule has 2 aliphatic rings. The van der Waals surface area contributed by atoms with Gasteiger partial charge in [0, 0.05) is 18.7 Å². The number of para-hydroxylation sites is 1. The minimum Gasteiger partial charge on any atom is -0.496 e. The second-order valence-electron chi connectivity index (χ2n) is 6.76. The van der Waals surface area contributed by atoms with Gasteiger partial charge in [-0.3, -0.25) is 4.79 Å². The van der Waals surface area contributed by atoms with Crippen molar-refractivity contribution in [2.45, 2.75) is 44.2 Å². The summed E-state index contributed by atoms with van der Waals surface area (Å²) in [6.07, 6.45) is 4.16. The number of nitrogens with zero attached hydrogens (tertiary/aromatic N) is 1. The van der Waals surface area contributed by atoms with E-state index in [2.05, 4.69) is 0 Å². The fourth-order valence-electron chi connectivity index (χ4n) is 4.21. The van der Waals surface area contributed by atoms with Crippen LogP contribution in [0.2, 0.25) is 0 Å². The first-order valence-corrected chi connectivity index (χ1v) is 8.14. The van der Waals surface area contributed by atoms with E-state index >= 15 is 0 Å². The van der Waals surface area contributed by atoms with Gasteiger partial charge in [-0.15, -0.1) is 0 Å². The number of benzene rings is 1. The molecule has 2 unspecified atom stereocenters. The third-order valence-electron chi connectivity index (χ3n) is 5.44. The molecule has 2 fully saturated rings. The van der Waals surface area contributed by atoms with E-state index in [4.69, 9.17) is 4.74 Å². The van der Waals surface area contributed by atoms with Crippen molar-refractivity contribution in [3.63, 3.8) is 0 Å². The number of aliphatic hydroxyl groups excluding tert-OH is 1. The Morgan fingerprint density at radius 1 is 1.23 bits per heavy atom. The molecule has 3 rings (SSSR count). The Hall–Kier alpha value is -1.55. The Kier molecular flexibility index (Phi) is 4.39. The molecule has 0 radical (unpaired) electrons. The minimum atomic E-state index is -0.120. The molecule has 1 aromatic carbocycles. The maximum absolute atomic E-state index is 12.6. The van der Waals surface area contributed by atoms with Gasteiger partial charge in [-0.2, -0.15) is 0 Å². The number of rotatable bonds is 4. The van der Waals surface area contributed by atoms with Gasteiger partial charge in [0.15, 0.2) is 0 Å². The van der Waals surface area contributed by atoms with Crippen molar-refractivity contribution in [1.29, 1.82) is 0 Å². The van der Waals surface area contributed by atoms with Gasteiger partial charge in [-0.25, -0.2) is 0 Å². The third kappa shape index (κ3) is 2.98. The Balaban J connectivity index is 1.61. The number of hydrogen-bond acceptors (Lipinski definition) is 3. The molecule has 120 valence electrons. The summed E-state index contributed by atoms with van der Waals surface area (Å²) >= 11 is 0. The van der Waals surface area contributed by atoms with Crippen LogP contribution in [0.5, 0.6) is 5.75 Å². The average Bonchev–Trinajstić information content (AvgIpc) is 3.04. The largest absolute Gasteiger partial charge is 0.496 e. The standard InChI is InChI=1S/C18H25NO3/c1-19(15-7-13-9-16(20)10-14(13)8-15)18(21)11-12-5-3-4-6-17(12)22-2/h3-6,13-16,20H,7-11H2,1-2H3/t13-,14+,15?,16?. The predicted octanol–water partition coefficient (Wildman–Crippen LogP) is 2.25. The van der Waals surface area contributed by atoms with E-state index in [1.807, 2.05) is 36.2 Å². The van der Waals surface area contributed by atoms with Gasteiger partial charge in [0.05, 0.1) is 19.6 Å². The lowest BCUT2D eigenvalue weighted by Gasteiger charge is -2.26. The number of likely N-dealkylation sites (N-methyl/N-ethyl adjacent to an activating group) is 1. The van der Waals surface area contributed by atoms with Crippen LogP contribution >= 0.6 is 0 Å². The predicted molar refractivity (Wildman–Crippen MR) is 84.7 cm³/mol. The summed E-state index contributed by atoms with van der Waals surface area (Å²) in [6, 6.07) is 8.02. The number of carbonyl (C=O) groups is 1. The van der Waals surface area contributed by atoms with Crippen molar-refractivity contribution in [2.75, 3.05) is 14.2 Å². The quantitative estimate of drug-likeness (QED) is 0.928. The number of carbonyl (C=O) groups excluding carboxylic acids is 1. The fraction of sp³-hybridized carbons (Fsp3) is 0.611. The lowest BCUT2D eigenvalue weighted by Crippen LogP contribution is -2.37. The molecule has 0 spiro atoms. The van der Waals surface area contributed by atoms with Crippen molar-refractivity contribution in [2.24, 2.45) is 11.8 Å². The first kappa shape index (κ1) is 15.3. The summed E-state index contributed by atoms with van der Waals surface area (Å²) in [4.78, 5) is 14.5. The molecule has 1 amide bonds. The summed E-state index contributed by atoms with van der Waals surface area (Å²) in [6.45, 7) is 0. The molecule has 1 aromatic rings. The fourth-order valence-corrected chi connectivity index (χ4v) is 4.21. The highest BCUT2D eigenvalue weighted by atomic mass is 16.5. The monoisotopic (exact) mass is 303 g/mol.